The summed E-state index contributed by atoms with van der Waals surface area (Å²) in [5.41, 5.74) is 0.839. The van der Waals surface area contributed by atoms with Crippen molar-refractivity contribution in [2.24, 2.45) is 11.8 Å². The summed E-state index contributed by atoms with van der Waals surface area (Å²) in [5, 5.41) is 13.7. The lowest BCUT2D eigenvalue weighted by Gasteiger charge is -2.35. The Labute approximate surface area is 124 Å². The van der Waals surface area contributed by atoms with Gasteiger partial charge in [-0.3, -0.25) is 14.9 Å². The van der Waals surface area contributed by atoms with Gasteiger partial charge in [0.15, 0.2) is 0 Å². The molecule has 1 aliphatic rings. The molecular formula is C15H21N3O3. The highest BCUT2D eigenvalue weighted by atomic mass is 16.6. The molecule has 1 heterocycles. The first kappa shape index (κ1) is 15.3. The summed E-state index contributed by atoms with van der Waals surface area (Å²) in [6.07, 6.45) is 0.999. The number of hydrogen-bond acceptors (Lipinski definition) is 4. The molecule has 0 bridgehead atoms. The number of nitro groups is 1. The molecule has 1 N–H and O–H groups in total. The van der Waals surface area contributed by atoms with Gasteiger partial charge in [-0.2, -0.15) is 0 Å². The first-order valence-electron chi connectivity index (χ1n) is 7.19. The summed E-state index contributed by atoms with van der Waals surface area (Å²) in [6, 6.07) is 4.47. The third-order valence-electron chi connectivity index (χ3n) is 4.33. The number of nitrogens with one attached hydrogen (secondary N) is 1. The number of nitrogens with zero attached hydrogens (tertiary/aromatic N) is 2. The standard InChI is InChI=1S/C15H21N3O3/c1-10-6-7-17(9-11(10)2)15(19)12-4-5-14(18(20)21)13(8-12)16-3/h4-5,8,10-11,16H,6-7,9H2,1-3H3. The Morgan fingerprint density at radius 1 is 1.38 bits per heavy atom. The second-order valence-electron chi connectivity index (χ2n) is 5.73. The van der Waals surface area contributed by atoms with E-state index in [2.05, 4.69) is 19.2 Å². The van der Waals surface area contributed by atoms with E-state index in [1.165, 1.54) is 12.1 Å². The largest absolute Gasteiger partial charge is 0.383 e. The molecule has 21 heavy (non-hydrogen) atoms. The smallest absolute Gasteiger partial charge is 0.292 e. The highest BCUT2D eigenvalue weighted by molar-refractivity contribution is 5.96. The van der Waals surface area contributed by atoms with Crippen molar-refractivity contribution in [3.63, 3.8) is 0 Å². The molecule has 1 aromatic rings. The molecule has 6 nitrogen and oxygen atoms in total. The van der Waals surface area contributed by atoms with E-state index >= 15 is 0 Å². The minimum Gasteiger partial charge on any atom is -0.383 e. The fourth-order valence-corrected chi connectivity index (χ4v) is 2.66. The predicted molar refractivity (Wildman–Crippen MR) is 81.5 cm³/mol. The number of amides is 1. The lowest BCUT2D eigenvalue weighted by molar-refractivity contribution is -0.383. The second-order valence-corrected chi connectivity index (χ2v) is 5.73. The molecule has 6 heteroatoms. The van der Waals surface area contributed by atoms with Crippen LogP contribution in [0.25, 0.3) is 0 Å². The lowest BCUT2D eigenvalue weighted by Crippen LogP contribution is -2.42. The predicted octanol–water partition coefficient (Wildman–Crippen LogP) is 2.75. The van der Waals surface area contributed by atoms with Gasteiger partial charge in [-0.15, -0.1) is 0 Å². The fraction of sp³-hybridized carbons (Fsp3) is 0.533. The SMILES string of the molecule is CNc1cc(C(=O)N2CCC(C)C(C)C2)ccc1[N+](=O)[O-]. The Balaban J connectivity index is 2.22. The van der Waals surface area contributed by atoms with Gasteiger partial charge in [0.2, 0.25) is 0 Å². The number of carbonyl (C=O) groups excluding carboxylic acids is 1. The van der Waals surface area contributed by atoms with Gasteiger partial charge in [-0.1, -0.05) is 13.8 Å². The van der Waals surface area contributed by atoms with Crippen molar-refractivity contribution < 1.29 is 9.72 Å². The summed E-state index contributed by atoms with van der Waals surface area (Å²) in [5.74, 6) is 1.04. The molecule has 0 spiro atoms. The van der Waals surface area contributed by atoms with Crippen LogP contribution in [-0.4, -0.2) is 35.9 Å². The monoisotopic (exact) mass is 291 g/mol. The number of nitro benzene ring substituents is 1. The molecule has 1 aromatic carbocycles. The van der Waals surface area contributed by atoms with Crippen molar-refractivity contribution in [1.82, 2.24) is 4.90 Å². The van der Waals surface area contributed by atoms with Gasteiger partial charge >= 0.3 is 0 Å². The van der Waals surface area contributed by atoms with Gasteiger partial charge in [-0.25, -0.2) is 0 Å². The normalized spacial score (nSPS) is 22.0. The Kier molecular flexibility index (Phi) is 4.45. The summed E-state index contributed by atoms with van der Waals surface area (Å²) >= 11 is 0. The maximum Gasteiger partial charge on any atom is 0.292 e. The summed E-state index contributed by atoms with van der Waals surface area (Å²) in [4.78, 5) is 24.8. The van der Waals surface area contributed by atoms with E-state index < -0.39 is 4.92 Å². The summed E-state index contributed by atoms with van der Waals surface area (Å²) in [6.45, 7) is 5.85. The maximum atomic E-state index is 12.5. The average Bonchev–Trinajstić information content (AvgIpc) is 2.48. The Bertz CT molecular complexity index is 559. The van der Waals surface area contributed by atoms with Gasteiger partial charge in [0, 0.05) is 31.8 Å². The Morgan fingerprint density at radius 3 is 2.67 bits per heavy atom. The number of anilines is 1. The van der Waals surface area contributed by atoms with Crippen LogP contribution in [0.4, 0.5) is 11.4 Å². The van der Waals surface area contributed by atoms with Crippen LogP contribution in [0.2, 0.25) is 0 Å². The maximum absolute atomic E-state index is 12.5. The molecule has 0 radical (unpaired) electrons. The molecule has 0 aromatic heterocycles. The molecule has 1 amide bonds. The third-order valence-corrected chi connectivity index (χ3v) is 4.33. The van der Waals surface area contributed by atoms with Gasteiger partial charge in [0.25, 0.3) is 11.6 Å². The van der Waals surface area contributed by atoms with Crippen LogP contribution in [0.15, 0.2) is 18.2 Å². The third kappa shape index (κ3) is 3.15. The van der Waals surface area contributed by atoms with Crippen LogP contribution in [-0.2, 0) is 0 Å². The van der Waals surface area contributed by atoms with Crippen molar-refractivity contribution in [3.05, 3.63) is 33.9 Å². The van der Waals surface area contributed by atoms with Gasteiger partial charge in [-0.05, 0) is 30.4 Å². The molecule has 114 valence electrons. The number of rotatable bonds is 3. The number of benzene rings is 1. The van der Waals surface area contributed by atoms with E-state index in [-0.39, 0.29) is 11.6 Å². The minimum absolute atomic E-state index is 0.0188. The quantitative estimate of drug-likeness (QED) is 0.686. The van der Waals surface area contributed by atoms with Crippen LogP contribution in [0, 0.1) is 22.0 Å². The lowest BCUT2D eigenvalue weighted by atomic mass is 9.88. The average molecular weight is 291 g/mol. The Morgan fingerprint density at radius 2 is 2.10 bits per heavy atom. The molecule has 2 rings (SSSR count). The van der Waals surface area contributed by atoms with E-state index in [1.54, 1.807) is 13.1 Å². The topological polar surface area (TPSA) is 75.5 Å². The Hall–Kier alpha value is -2.11. The number of carbonyl (C=O) groups is 1. The van der Waals surface area contributed by atoms with Crippen LogP contribution >= 0.6 is 0 Å². The molecule has 2 atom stereocenters. The zero-order chi connectivity index (χ0) is 15.6. The number of hydrogen-bond donors (Lipinski definition) is 1. The molecule has 1 aliphatic heterocycles. The van der Waals surface area contributed by atoms with Crippen LogP contribution in [0.1, 0.15) is 30.6 Å². The highest BCUT2D eigenvalue weighted by Gasteiger charge is 2.27. The van der Waals surface area contributed by atoms with E-state index in [1.807, 2.05) is 4.90 Å². The highest BCUT2D eigenvalue weighted by Crippen LogP contribution is 2.27. The van der Waals surface area contributed by atoms with Crippen LogP contribution < -0.4 is 5.32 Å². The van der Waals surface area contributed by atoms with Crippen molar-refractivity contribution in [3.8, 4) is 0 Å². The van der Waals surface area contributed by atoms with Crippen molar-refractivity contribution in [2.45, 2.75) is 20.3 Å². The molecule has 1 fully saturated rings. The van der Waals surface area contributed by atoms with E-state index in [9.17, 15) is 14.9 Å². The fourth-order valence-electron chi connectivity index (χ4n) is 2.66. The van der Waals surface area contributed by atoms with E-state index in [0.29, 0.717) is 23.1 Å². The molecule has 1 saturated heterocycles. The molecular weight excluding hydrogens is 270 g/mol. The van der Waals surface area contributed by atoms with Gasteiger partial charge < -0.3 is 10.2 Å². The van der Waals surface area contributed by atoms with Crippen molar-refractivity contribution in [2.75, 3.05) is 25.5 Å². The molecule has 0 aliphatic carbocycles. The minimum atomic E-state index is -0.454. The first-order chi connectivity index (χ1) is 9.93. The van der Waals surface area contributed by atoms with Gasteiger partial charge in [0.1, 0.15) is 5.69 Å². The van der Waals surface area contributed by atoms with E-state index in [0.717, 1.165) is 19.5 Å². The number of likely N-dealkylation sites (tertiary alicyclic amines) is 1. The first-order valence-corrected chi connectivity index (χ1v) is 7.19. The molecule has 2 unspecified atom stereocenters. The zero-order valence-corrected chi connectivity index (χ0v) is 12.6. The van der Waals surface area contributed by atoms with Crippen LogP contribution in [0.5, 0.6) is 0 Å². The van der Waals surface area contributed by atoms with Crippen LogP contribution in [0.3, 0.4) is 0 Å². The molecule has 0 saturated carbocycles. The number of piperidine rings is 1. The van der Waals surface area contributed by atoms with E-state index in [4.69, 9.17) is 0 Å². The summed E-state index contributed by atoms with van der Waals surface area (Å²) < 4.78 is 0. The summed E-state index contributed by atoms with van der Waals surface area (Å²) in [7, 11) is 1.61. The second kappa shape index (κ2) is 6.11. The zero-order valence-electron chi connectivity index (χ0n) is 12.6. The van der Waals surface area contributed by atoms with Crippen molar-refractivity contribution in [1.29, 1.82) is 0 Å². The van der Waals surface area contributed by atoms with Crippen molar-refractivity contribution >= 4 is 17.3 Å². The van der Waals surface area contributed by atoms with Gasteiger partial charge in [0.05, 0.1) is 4.92 Å².